The van der Waals surface area contributed by atoms with Gasteiger partial charge in [0.25, 0.3) is 0 Å². The number of fused-ring (bicyclic) bond motifs is 25. The lowest BCUT2D eigenvalue weighted by atomic mass is 9.90. The van der Waals surface area contributed by atoms with Gasteiger partial charge < -0.3 is 59.5 Å². The molecule has 25 heteroatoms. The zero-order chi connectivity index (χ0) is 92.3. The second-order valence-electron chi connectivity index (χ2n) is 41.4. The first-order valence-corrected chi connectivity index (χ1v) is 51.1. The number of carbonyl (C=O) groups excluding carboxylic acids is 7. The largest absolute Gasteiger partial charge is 0.456 e. The van der Waals surface area contributed by atoms with Gasteiger partial charge in [-0.3, -0.25) is 19.2 Å². The highest BCUT2D eigenvalue weighted by molar-refractivity contribution is 9.09. The number of ether oxygens (including phenoxy) is 7. The van der Waals surface area contributed by atoms with Gasteiger partial charge in [0.1, 0.15) is 34.7 Å². The molecule has 0 radical (unpaired) electrons. The summed E-state index contributed by atoms with van der Waals surface area (Å²) in [4.78, 5) is 101. The van der Waals surface area contributed by atoms with E-state index >= 15 is 0 Å². The Labute approximate surface area is 861 Å². The van der Waals surface area contributed by atoms with Gasteiger partial charge in [-0.15, -0.1) is 0 Å². The number of Topliss-reactive ketones (excluding diaryl/α,β-unsaturated/α-hetero) is 4. The third kappa shape index (κ3) is 29.7. The fourth-order valence-corrected chi connectivity index (χ4v) is 23.7. The maximum absolute atomic E-state index is 13.0. The molecular weight excluding hydrogens is 1870 g/mol. The van der Waals surface area contributed by atoms with Crippen LogP contribution < -0.4 is 16.4 Å². The molecule has 2 saturated heterocycles. The van der Waals surface area contributed by atoms with E-state index in [1.54, 1.807) is 44.4 Å². The van der Waals surface area contributed by atoms with Gasteiger partial charge in [0.2, 0.25) is 0 Å². The first-order chi connectivity index (χ1) is 63.0. The van der Waals surface area contributed by atoms with Crippen LogP contribution in [0.15, 0.2) is 103 Å². The van der Waals surface area contributed by atoms with Gasteiger partial charge in [-0.1, -0.05) is 173 Å². The predicted octanol–water partition coefficient (Wildman–Crippen LogP) is 28.7. The van der Waals surface area contributed by atoms with Crippen molar-refractivity contribution >= 4 is 97.7 Å². The summed E-state index contributed by atoms with van der Waals surface area (Å²) in [5.74, 6) is 7.95. The lowest BCUT2D eigenvalue weighted by Crippen LogP contribution is -2.44. The van der Waals surface area contributed by atoms with Crippen LogP contribution in [0.25, 0.3) is 22.5 Å². The number of aromatic amines is 2. The van der Waals surface area contributed by atoms with Crippen LogP contribution in [0, 0.1) is 0 Å². The van der Waals surface area contributed by atoms with Crippen LogP contribution in [0.4, 0.5) is 9.59 Å². The van der Waals surface area contributed by atoms with Gasteiger partial charge in [-0.2, -0.15) is 40.5 Å². The summed E-state index contributed by atoms with van der Waals surface area (Å²) >= 11 is 3.22. The van der Waals surface area contributed by atoms with Crippen LogP contribution in [0.2, 0.25) is 0 Å². The molecule has 770 valence electrons. The summed E-state index contributed by atoms with van der Waals surface area (Å²) in [7, 11) is 0. The average molecular weight is 2040 g/mol. The molecule has 21 nitrogen and oxygen atoms in total. The number of nitrogens with zero attached hydrogens (tertiary/aromatic N) is 2. The fourth-order valence-electron chi connectivity index (χ4n) is 23.3. The number of hydrogen-bond acceptors (Lipinski definition) is 17. The normalized spacial score (nSPS) is 21.9. The molecule has 7 fully saturated rings. The van der Waals surface area contributed by atoms with Crippen molar-refractivity contribution in [1.82, 2.24) is 30.6 Å². The molecule has 0 spiro atoms. The lowest BCUT2D eigenvalue weighted by molar-refractivity contribution is -0.165. The third-order valence-electron chi connectivity index (χ3n) is 30.3. The number of alkyl halides is 1. The number of imidazole rings is 2. The number of carbonyl (C=O) groups is 7. The summed E-state index contributed by atoms with van der Waals surface area (Å²) in [6.45, 7) is 20.9. The van der Waals surface area contributed by atoms with Gasteiger partial charge >= 0.3 is 18.2 Å². The Hall–Kier alpha value is -7.46. The maximum atomic E-state index is 13.0. The van der Waals surface area contributed by atoms with E-state index in [4.69, 9.17) is 43.9 Å². The minimum atomic E-state index is -0.896. The molecule has 4 heterocycles. The molecule has 12 aliphatic rings. The van der Waals surface area contributed by atoms with Crippen molar-refractivity contribution in [3.05, 3.63) is 187 Å². The highest BCUT2D eigenvalue weighted by atomic mass is 79.9. The van der Waals surface area contributed by atoms with Crippen molar-refractivity contribution < 1.29 is 66.7 Å². The van der Waals surface area contributed by atoms with Crippen molar-refractivity contribution in [3.8, 4) is 22.5 Å². The standard InChI is InChI=1S/C30H43N3O4.C30H43NO7.C23H31N3O.C13H13BrO.C13H14O.5CH4.3H2S/c1-5-30(35-15-16-36-30)14-8-6-7-9-25(33-28(34)37-29(2,3)4)27-31-19-26(32-27)22-12-13-23-20-10-11-21(17-20)24(23)18-22;1-5-30(36-15-16-37-30)14-8-6-7-9-25(31-28(34)38-29(2,3)4)27(33)35-19-26(32)22-12-13-23-20-10-11-21(17-20)24(23)18-22;1-2-18(27)6-4-3-5-7-21(24)23-25-14-22(26-23)17-10-11-19-15-8-9-16(12-15)20(19)13-17;14-7-13(15)10-3-4-11-8-1-2-9(5-8)12(11)6-10;1-8(14)9-4-5-12-10-2-3-11(6-10)13(12)7-9;;;;;;;;/h12-13,18-21,25H,5-11,14-17H2,1-4H3,(H,31,32)(H,33,34);12-13,18,20-21,25H,5-11,14-17,19H2,1-4H3,(H,31,34);10-11,13-16,21H,2-9,12,24H2,1H3,(H,25,26);3-4,6,8-9H,1-2,5,7H2;4-5,7,10-11H,2-3,6H2,1H3;5*1H4;3*1H2/t2*20?,21?,25-;15?,16?,21-;;;;;;;;;;/m000........../s1. The second-order valence-corrected chi connectivity index (χ2v) is 41.9. The summed E-state index contributed by atoms with van der Waals surface area (Å²) in [6.07, 6.45) is 37.6. The number of alkyl carbamates (subject to hydrolysis) is 2. The zero-order valence-corrected chi connectivity index (χ0v) is 85.5. The first kappa shape index (κ1) is 118. The highest BCUT2D eigenvalue weighted by Crippen LogP contribution is 2.58. The molecule has 2 aliphatic heterocycles. The summed E-state index contributed by atoms with van der Waals surface area (Å²) in [5.41, 5.74) is 26.7. The number of nitrogens with one attached hydrogen (secondary N) is 4. The number of aromatic nitrogens is 4. The zero-order valence-electron chi connectivity index (χ0n) is 81.0. The van der Waals surface area contributed by atoms with E-state index in [1.807, 2.05) is 64.4 Å². The van der Waals surface area contributed by atoms with Gasteiger partial charge in [-0.05, 0) is 352 Å². The molecular formula is C114H170BrN7O14S3. The number of unbranched alkanes of at least 4 members (excludes halogenated alkanes) is 6. The number of benzene rings is 5. The Balaban J connectivity index is 0.000000243. The number of halogens is 1. The minimum Gasteiger partial charge on any atom is -0.456 e. The predicted molar refractivity (Wildman–Crippen MR) is 579 cm³/mol. The topological polar surface area (TPSA) is 292 Å². The first-order valence-electron chi connectivity index (χ1n) is 50.0. The Kier molecular flexibility index (Phi) is 45.5. The van der Waals surface area contributed by atoms with Gasteiger partial charge in [0.05, 0.1) is 67.6 Å². The van der Waals surface area contributed by atoms with E-state index in [1.165, 1.54) is 146 Å². The van der Waals surface area contributed by atoms with Gasteiger partial charge in [0, 0.05) is 42.4 Å². The number of H-pyrrole nitrogens is 2. The average Bonchev–Trinajstić information content (AvgIpc) is 1.64. The number of ketones is 4. The molecule has 139 heavy (non-hydrogen) atoms. The van der Waals surface area contributed by atoms with Crippen LogP contribution in [0.5, 0.6) is 0 Å². The molecule has 2 amide bonds. The molecule has 19 rings (SSSR count). The number of rotatable bonds is 34. The monoisotopic (exact) mass is 2040 g/mol. The summed E-state index contributed by atoms with van der Waals surface area (Å²) < 4.78 is 39.6. The summed E-state index contributed by atoms with van der Waals surface area (Å²) in [6, 6.07) is 31.1. The van der Waals surface area contributed by atoms with Crippen molar-refractivity contribution in [2.24, 2.45) is 5.73 Å². The molecule has 10 bridgehead atoms. The van der Waals surface area contributed by atoms with E-state index in [0.29, 0.717) is 80.6 Å². The van der Waals surface area contributed by atoms with Crippen LogP contribution in [0.1, 0.15) is 488 Å². The van der Waals surface area contributed by atoms with E-state index in [0.717, 1.165) is 171 Å². The van der Waals surface area contributed by atoms with Crippen molar-refractivity contribution in [3.63, 3.8) is 0 Å². The van der Waals surface area contributed by atoms with Crippen LogP contribution >= 0.6 is 56.4 Å². The molecule has 5 saturated carbocycles. The lowest BCUT2D eigenvalue weighted by Gasteiger charge is -2.26. The van der Waals surface area contributed by atoms with Crippen LogP contribution in [-0.2, 0) is 42.7 Å². The van der Waals surface area contributed by atoms with Crippen LogP contribution in [0.3, 0.4) is 0 Å². The Morgan fingerprint density at radius 3 is 1.20 bits per heavy atom. The number of esters is 1. The van der Waals surface area contributed by atoms with Gasteiger partial charge in [0.15, 0.2) is 35.5 Å². The molecule has 10 unspecified atom stereocenters. The van der Waals surface area contributed by atoms with Crippen molar-refractivity contribution in [2.45, 2.75) is 418 Å². The highest BCUT2D eigenvalue weighted by Gasteiger charge is 2.43. The smallest absolute Gasteiger partial charge is 0.408 e. The molecule has 7 aromatic rings. The molecule has 2 aromatic heterocycles. The molecule has 10 aliphatic carbocycles. The van der Waals surface area contributed by atoms with Crippen molar-refractivity contribution in [2.75, 3.05) is 38.4 Å². The van der Waals surface area contributed by atoms with E-state index < -0.39 is 47.0 Å². The maximum Gasteiger partial charge on any atom is 0.408 e. The Morgan fingerprint density at radius 2 is 0.799 bits per heavy atom. The van der Waals surface area contributed by atoms with Gasteiger partial charge in [-0.25, -0.2) is 24.4 Å². The van der Waals surface area contributed by atoms with E-state index in [-0.39, 0.29) is 114 Å². The second kappa shape index (κ2) is 53.4. The molecule has 5 aromatic carbocycles. The third-order valence-corrected chi connectivity index (χ3v) is 30.9. The van der Waals surface area contributed by atoms with Crippen molar-refractivity contribution in [1.29, 1.82) is 0 Å². The molecule has 13 atom stereocenters. The quantitative estimate of drug-likeness (QED) is 0.00823. The van der Waals surface area contributed by atoms with E-state index in [9.17, 15) is 33.6 Å². The Bertz CT molecular complexity index is 5180. The number of amides is 2. The fraction of sp³-hybridized carbons (Fsp3) is 0.623. The number of nitrogens with two attached hydrogens (primary N) is 1. The minimum absolute atomic E-state index is 0. The Morgan fingerprint density at radius 1 is 0.446 bits per heavy atom. The summed E-state index contributed by atoms with van der Waals surface area (Å²) in [5, 5.41) is 6.14. The SMILES string of the molecule is C.C.C.C.C.CC(=O)c1ccc2c(c1)C1CCC2C1.CCC(=O)CCCCC[C@H](N)c1ncc(-c2ccc3c(c2)C2CCC3C2)[nH]1.CCC1(CCCCC[C@H](NC(=O)OC(C)(C)C)C(=O)OCC(=O)c2ccc3c(c2)C2CCC3C2)OCCO1.CCC1(CCCCC[C@H](NC(=O)OC(C)(C)C)c2ncc(-c3ccc4c(c3)C3CCC4C3)[nH]2)OCCO1.O=C(CBr)c1ccc2c(c1)C1CCC2C1.S.S.S. The van der Waals surface area contributed by atoms with E-state index in [2.05, 4.69) is 122 Å². The molecule has 6 N–H and O–H groups in total. The number of hydrogen-bond donors (Lipinski definition) is 5. The van der Waals surface area contributed by atoms with Crippen LogP contribution in [-0.4, -0.2) is 128 Å².